The van der Waals surface area contributed by atoms with Gasteiger partial charge in [-0.1, -0.05) is 173 Å². The average molecular weight is 584 g/mol. The highest BCUT2D eigenvalue weighted by molar-refractivity contribution is 6.33. The van der Waals surface area contributed by atoms with Gasteiger partial charge < -0.3 is 4.98 Å². The molecule has 0 radical (unpaired) electrons. The Hall–Kier alpha value is -5.14. The number of nitrogens with one attached hydrogen (secondary N) is 1. The summed E-state index contributed by atoms with van der Waals surface area (Å²) in [6.07, 6.45) is 14.9. The Bertz CT molecular complexity index is 2220. The molecule has 0 saturated carbocycles. The van der Waals surface area contributed by atoms with Crippen molar-refractivity contribution >= 4 is 59.7 Å². The van der Waals surface area contributed by atoms with Gasteiger partial charge in [-0.15, -0.1) is 0 Å². The normalized spacial score (nSPS) is 14.4. The van der Waals surface area contributed by atoms with Crippen molar-refractivity contribution in [2.75, 3.05) is 0 Å². The fourth-order valence-corrected chi connectivity index (χ4v) is 6.75. The van der Waals surface area contributed by atoms with E-state index in [0.29, 0.717) is 5.92 Å². The van der Waals surface area contributed by atoms with Crippen molar-refractivity contribution in [1.82, 2.24) is 4.98 Å². The average Bonchev–Trinajstić information content (AvgIpc) is 3.53. The topological polar surface area (TPSA) is 15.8 Å². The lowest BCUT2D eigenvalue weighted by Gasteiger charge is -2.19. The van der Waals surface area contributed by atoms with Crippen LogP contribution in [-0.4, -0.2) is 4.98 Å². The number of aromatic nitrogens is 1. The first kappa shape index (κ1) is 29.9. The molecule has 1 atom stereocenters. The molecule has 0 amide bonds. The molecular weight excluding hydrogens is 542 g/mol. The zero-order chi connectivity index (χ0) is 31.2. The van der Waals surface area contributed by atoms with E-state index in [2.05, 4.69) is 158 Å². The van der Waals surface area contributed by atoms with Crippen LogP contribution in [-0.2, 0) is 0 Å². The summed E-state index contributed by atoms with van der Waals surface area (Å²) in [5.74, 6) is 0.506. The van der Waals surface area contributed by atoms with Gasteiger partial charge in [0.05, 0.1) is 11.0 Å². The van der Waals surface area contributed by atoms with E-state index in [1.165, 1.54) is 70.8 Å². The van der Waals surface area contributed by atoms with E-state index < -0.39 is 0 Å². The van der Waals surface area contributed by atoms with Crippen LogP contribution in [0.4, 0.5) is 0 Å². The molecule has 1 N–H and O–H groups in total. The van der Waals surface area contributed by atoms with Crippen molar-refractivity contribution in [2.24, 2.45) is 0 Å². The molecule has 0 fully saturated rings. The van der Waals surface area contributed by atoms with Gasteiger partial charge in [-0.25, -0.2) is 0 Å². The van der Waals surface area contributed by atoms with Gasteiger partial charge in [-0.3, -0.25) is 0 Å². The molecule has 1 aliphatic carbocycles. The molecule has 0 saturated heterocycles. The molecule has 1 heterocycles. The van der Waals surface area contributed by atoms with Crippen LogP contribution in [0.5, 0.6) is 0 Å². The van der Waals surface area contributed by atoms with Crippen LogP contribution in [0, 0.1) is 0 Å². The van der Waals surface area contributed by atoms with E-state index in [1.807, 2.05) is 19.9 Å². The van der Waals surface area contributed by atoms with Crippen LogP contribution in [0.25, 0.3) is 59.7 Å². The molecule has 0 aliphatic heterocycles. The van der Waals surface area contributed by atoms with E-state index in [-0.39, 0.29) is 0 Å². The molecule has 0 bridgehead atoms. The standard InChI is InChI=1S/C24H15N.C18H20.C2H6/c1-2-8-16-15(7-1)13-14-21-22-19-11-5-3-9-17(19)18-10-4-6-12-20(18)24(22)25-23(16)21;1-3-10-15(4-2)17-13-8-9-14-18(17)16-11-6-5-7-12-16;1-2/h1-14,25H;3,5-11,13-14,16H,1,4,12H2,2H3;1-2H3/b;15-10+;. The Balaban J connectivity index is 0.000000159. The van der Waals surface area contributed by atoms with Gasteiger partial charge in [0.2, 0.25) is 0 Å². The number of hydrogen-bond donors (Lipinski definition) is 1. The zero-order valence-corrected chi connectivity index (χ0v) is 26.6. The molecule has 1 nitrogen and oxygen atoms in total. The maximum atomic E-state index is 3.81. The van der Waals surface area contributed by atoms with Gasteiger partial charge in [0.1, 0.15) is 0 Å². The monoisotopic (exact) mass is 583 g/mol. The number of fused-ring (bicyclic) bond motifs is 10. The minimum Gasteiger partial charge on any atom is -0.353 e. The third kappa shape index (κ3) is 5.63. The molecule has 1 heteroatoms. The van der Waals surface area contributed by atoms with Gasteiger partial charge in [0.25, 0.3) is 0 Å². The number of hydrogen-bond acceptors (Lipinski definition) is 0. The summed E-state index contributed by atoms with van der Waals surface area (Å²) < 4.78 is 0. The zero-order valence-electron chi connectivity index (χ0n) is 26.6. The lowest BCUT2D eigenvalue weighted by atomic mass is 9.86. The Kier molecular flexibility index (Phi) is 9.08. The highest BCUT2D eigenvalue weighted by Gasteiger charge is 2.15. The minimum atomic E-state index is 0.506. The Morgan fingerprint density at radius 3 is 2.04 bits per heavy atom. The van der Waals surface area contributed by atoms with E-state index in [4.69, 9.17) is 0 Å². The SMILES string of the molecule is C=C/C=C(\CC)c1ccccc1C1C=CC=CC1.CC.c1ccc2c(c1)ccc1c2[nH]c2c3ccccc3c3ccccc3c12. The number of benzene rings is 6. The molecule has 45 heavy (non-hydrogen) atoms. The molecule has 1 unspecified atom stereocenters. The predicted molar refractivity (Wildman–Crippen MR) is 200 cm³/mol. The molecule has 6 aromatic carbocycles. The smallest absolute Gasteiger partial charge is 0.0551 e. The van der Waals surface area contributed by atoms with Crippen molar-refractivity contribution in [1.29, 1.82) is 0 Å². The van der Waals surface area contributed by atoms with Crippen LogP contribution < -0.4 is 0 Å². The fourth-order valence-electron chi connectivity index (χ4n) is 6.75. The largest absolute Gasteiger partial charge is 0.353 e. The molecule has 1 aliphatic rings. The number of H-pyrrole nitrogens is 1. The lowest BCUT2D eigenvalue weighted by molar-refractivity contribution is 0.849. The summed E-state index contributed by atoms with van der Waals surface area (Å²) in [5.41, 5.74) is 6.62. The van der Waals surface area contributed by atoms with Crippen LogP contribution in [0.15, 0.2) is 152 Å². The Morgan fingerprint density at radius 1 is 0.689 bits per heavy atom. The maximum Gasteiger partial charge on any atom is 0.0551 e. The highest BCUT2D eigenvalue weighted by Crippen LogP contribution is 2.40. The summed E-state index contributed by atoms with van der Waals surface area (Å²) >= 11 is 0. The third-order valence-electron chi connectivity index (χ3n) is 8.77. The molecule has 0 spiro atoms. The minimum absolute atomic E-state index is 0.506. The quantitative estimate of drug-likeness (QED) is 0.157. The van der Waals surface area contributed by atoms with Crippen molar-refractivity contribution in [3.63, 3.8) is 0 Å². The first-order chi connectivity index (χ1) is 22.3. The molecular formula is C44H41N. The van der Waals surface area contributed by atoms with Crippen molar-refractivity contribution in [3.05, 3.63) is 163 Å². The van der Waals surface area contributed by atoms with E-state index >= 15 is 0 Å². The van der Waals surface area contributed by atoms with Gasteiger partial charge in [0, 0.05) is 27.5 Å². The van der Waals surface area contributed by atoms with E-state index in [0.717, 1.165) is 12.8 Å². The second-order valence-electron chi connectivity index (χ2n) is 11.2. The second-order valence-corrected chi connectivity index (χ2v) is 11.2. The summed E-state index contributed by atoms with van der Waals surface area (Å²) in [5, 5.41) is 10.4. The van der Waals surface area contributed by atoms with Gasteiger partial charge in [0.15, 0.2) is 0 Å². The second kappa shape index (κ2) is 13.7. The maximum absolute atomic E-state index is 3.81. The Morgan fingerprint density at radius 2 is 1.33 bits per heavy atom. The van der Waals surface area contributed by atoms with Crippen LogP contribution in [0.1, 0.15) is 50.7 Å². The van der Waals surface area contributed by atoms with Crippen molar-refractivity contribution < 1.29 is 0 Å². The van der Waals surface area contributed by atoms with Gasteiger partial charge in [-0.2, -0.15) is 0 Å². The van der Waals surface area contributed by atoms with Crippen LogP contribution in [0.2, 0.25) is 0 Å². The highest BCUT2D eigenvalue weighted by atomic mass is 14.7. The van der Waals surface area contributed by atoms with Crippen LogP contribution >= 0.6 is 0 Å². The first-order valence-corrected chi connectivity index (χ1v) is 16.2. The molecule has 8 rings (SSSR count). The predicted octanol–water partition coefficient (Wildman–Crippen LogP) is 13.1. The van der Waals surface area contributed by atoms with Crippen molar-refractivity contribution in [3.8, 4) is 0 Å². The summed E-state index contributed by atoms with van der Waals surface area (Å²) in [4.78, 5) is 3.76. The molecule has 222 valence electrons. The summed E-state index contributed by atoms with van der Waals surface area (Å²) in [7, 11) is 0. The number of rotatable bonds is 4. The Labute approximate surface area is 266 Å². The summed E-state index contributed by atoms with van der Waals surface area (Å²) in [6, 6.07) is 39.2. The van der Waals surface area contributed by atoms with Crippen molar-refractivity contribution in [2.45, 2.75) is 39.5 Å². The van der Waals surface area contributed by atoms with Crippen LogP contribution in [0.3, 0.4) is 0 Å². The lowest BCUT2D eigenvalue weighted by Crippen LogP contribution is -2.01. The molecule has 1 aromatic heterocycles. The van der Waals surface area contributed by atoms with Gasteiger partial charge in [-0.05, 0) is 51.1 Å². The molecule has 7 aromatic rings. The number of aromatic amines is 1. The van der Waals surface area contributed by atoms with Gasteiger partial charge >= 0.3 is 0 Å². The van der Waals surface area contributed by atoms with E-state index in [1.54, 1.807) is 0 Å². The fraction of sp³-hybridized carbons (Fsp3) is 0.136. The third-order valence-corrected chi connectivity index (χ3v) is 8.77. The summed E-state index contributed by atoms with van der Waals surface area (Å²) in [6.45, 7) is 10.0. The number of allylic oxidation sites excluding steroid dienone is 7. The van der Waals surface area contributed by atoms with E-state index in [9.17, 15) is 0 Å². The first-order valence-electron chi connectivity index (χ1n) is 16.2.